The van der Waals surface area contributed by atoms with E-state index in [-0.39, 0.29) is 17.8 Å². The van der Waals surface area contributed by atoms with Gasteiger partial charge in [0.05, 0.1) is 17.6 Å². The number of aromatic nitrogens is 4. The molecule has 1 aliphatic rings. The first kappa shape index (κ1) is 17.4. The first-order valence-electron chi connectivity index (χ1n) is 9.42. The number of hydrogen-bond donors (Lipinski definition) is 2. The van der Waals surface area contributed by atoms with Crippen molar-refractivity contribution in [2.45, 2.75) is 19.0 Å². The Morgan fingerprint density at radius 3 is 2.66 bits per heavy atom. The summed E-state index contributed by atoms with van der Waals surface area (Å²) < 4.78 is 15.2. The van der Waals surface area contributed by atoms with Crippen LogP contribution in [-0.4, -0.2) is 26.3 Å². The second kappa shape index (κ2) is 6.73. The van der Waals surface area contributed by atoms with Gasteiger partial charge in [-0.15, -0.1) is 0 Å². The van der Waals surface area contributed by atoms with Gasteiger partial charge in [-0.2, -0.15) is 15.1 Å². The van der Waals surface area contributed by atoms with E-state index in [9.17, 15) is 4.39 Å². The topological polar surface area (TPSA) is 98.9 Å². The standard InChI is InChI=1S/C21H20FN7/c22-15-7-5-13(6-8-15)11-28-12-16(9-14-3-1-2-4-18(14)28)29-20-17(10-25-29)19(23)26-21(24)27-20/h1-8,10,16H,9,11-12H2,(H4,23,24,26,27)/t16-/m0/s1. The van der Waals surface area contributed by atoms with Crippen LogP contribution >= 0.6 is 0 Å². The Labute approximate surface area is 166 Å². The molecule has 29 heavy (non-hydrogen) atoms. The molecular formula is C21H20FN7. The van der Waals surface area contributed by atoms with Crippen LogP contribution in [0.2, 0.25) is 0 Å². The van der Waals surface area contributed by atoms with Crippen molar-refractivity contribution in [2.24, 2.45) is 0 Å². The van der Waals surface area contributed by atoms with Crippen LogP contribution in [0.1, 0.15) is 17.2 Å². The van der Waals surface area contributed by atoms with Crippen molar-refractivity contribution in [3.63, 3.8) is 0 Å². The van der Waals surface area contributed by atoms with Gasteiger partial charge in [0.15, 0.2) is 5.65 Å². The van der Waals surface area contributed by atoms with E-state index in [0.29, 0.717) is 23.4 Å². The van der Waals surface area contributed by atoms with Crippen LogP contribution in [0.15, 0.2) is 54.7 Å². The van der Waals surface area contributed by atoms with Gasteiger partial charge in [-0.1, -0.05) is 30.3 Å². The summed E-state index contributed by atoms with van der Waals surface area (Å²) in [6, 6.07) is 15.0. The SMILES string of the molecule is Nc1nc(N)c2cnn([C@H]3Cc4ccccc4N(Cc4ccc(F)cc4)C3)c2n1. The summed E-state index contributed by atoms with van der Waals surface area (Å²) in [7, 11) is 0. The predicted octanol–water partition coefficient (Wildman–Crippen LogP) is 2.93. The zero-order valence-electron chi connectivity index (χ0n) is 15.7. The molecule has 8 heteroatoms. The van der Waals surface area contributed by atoms with Gasteiger partial charge in [0.2, 0.25) is 5.95 Å². The van der Waals surface area contributed by atoms with Crippen LogP contribution in [0.5, 0.6) is 0 Å². The highest BCUT2D eigenvalue weighted by Crippen LogP contribution is 2.34. The number of benzene rings is 2. The molecule has 1 aliphatic heterocycles. The molecule has 2 aromatic heterocycles. The van der Waals surface area contributed by atoms with Crippen LogP contribution in [0.25, 0.3) is 11.0 Å². The van der Waals surface area contributed by atoms with Gasteiger partial charge in [0.25, 0.3) is 0 Å². The number of halogens is 1. The van der Waals surface area contributed by atoms with Crippen molar-refractivity contribution in [3.8, 4) is 0 Å². The Morgan fingerprint density at radius 1 is 1.03 bits per heavy atom. The van der Waals surface area contributed by atoms with E-state index < -0.39 is 0 Å². The summed E-state index contributed by atoms with van der Waals surface area (Å²) in [4.78, 5) is 10.7. The minimum Gasteiger partial charge on any atom is -0.383 e. The number of nitrogens with two attached hydrogens (primary N) is 2. The highest BCUT2D eigenvalue weighted by Gasteiger charge is 2.28. The second-order valence-corrected chi connectivity index (χ2v) is 7.29. The van der Waals surface area contributed by atoms with E-state index in [0.717, 1.165) is 18.5 Å². The van der Waals surface area contributed by atoms with Crippen LogP contribution < -0.4 is 16.4 Å². The molecule has 2 aromatic carbocycles. The normalized spacial score (nSPS) is 16.2. The van der Waals surface area contributed by atoms with Crippen LogP contribution in [0.3, 0.4) is 0 Å². The summed E-state index contributed by atoms with van der Waals surface area (Å²) in [5.41, 5.74) is 15.9. The number of nitrogens with zero attached hydrogens (tertiary/aromatic N) is 5. The van der Waals surface area contributed by atoms with Crippen LogP contribution in [0, 0.1) is 5.82 Å². The molecule has 0 aliphatic carbocycles. The molecule has 0 fully saturated rings. The van der Waals surface area contributed by atoms with Crippen LogP contribution in [0.4, 0.5) is 21.8 Å². The highest BCUT2D eigenvalue weighted by molar-refractivity contribution is 5.86. The molecule has 7 nitrogen and oxygen atoms in total. The average Bonchev–Trinajstić information content (AvgIpc) is 3.14. The lowest BCUT2D eigenvalue weighted by molar-refractivity contribution is 0.439. The van der Waals surface area contributed by atoms with Gasteiger partial charge < -0.3 is 16.4 Å². The van der Waals surface area contributed by atoms with E-state index in [1.807, 2.05) is 28.9 Å². The molecule has 4 N–H and O–H groups in total. The maximum Gasteiger partial charge on any atom is 0.224 e. The lowest BCUT2D eigenvalue weighted by Crippen LogP contribution is -2.36. The predicted molar refractivity (Wildman–Crippen MR) is 111 cm³/mol. The lowest BCUT2D eigenvalue weighted by atomic mass is 9.97. The molecule has 0 saturated carbocycles. The fourth-order valence-electron chi connectivity index (χ4n) is 4.02. The van der Waals surface area contributed by atoms with Crippen molar-refractivity contribution < 1.29 is 4.39 Å². The molecule has 0 spiro atoms. The maximum atomic E-state index is 13.3. The van der Waals surface area contributed by atoms with E-state index in [1.165, 1.54) is 23.4 Å². The molecule has 5 rings (SSSR count). The molecule has 0 unspecified atom stereocenters. The smallest absolute Gasteiger partial charge is 0.224 e. The van der Waals surface area contributed by atoms with Gasteiger partial charge in [0, 0.05) is 18.8 Å². The maximum absolute atomic E-state index is 13.3. The largest absolute Gasteiger partial charge is 0.383 e. The third-order valence-corrected chi connectivity index (χ3v) is 5.35. The Balaban J connectivity index is 1.54. The molecule has 3 heterocycles. The van der Waals surface area contributed by atoms with Gasteiger partial charge >= 0.3 is 0 Å². The number of fused-ring (bicyclic) bond motifs is 2. The van der Waals surface area contributed by atoms with Crippen LogP contribution in [-0.2, 0) is 13.0 Å². The van der Waals surface area contributed by atoms with E-state index in [4.69, 9.17) is 11.5 Å². The Hall–Kier alpha value is -3.68. The fraction of sp³-hybridized carbons (Fsp3) is 0.190. The van der Waals surface area contributed by atoms with Crippen molar-refractivity contribution >= 4 is 28.5 Å². The lowest BCUT2D eigenvalue weighted by Gasteiger charge is -2.36. The fourth-order valence-corrected chi connectivity index (χ4v) is 4.02. The monoisotopic (exact) mass is 389 g/mol. The van der Waals surface area contributed by atoms with E-state index in [1.54, 1.807) is 6.20 Å². The summed E-state index contributed by atoms with van der Waals surface area (Å²) in [6.45, 7) is 1.40. The molecule has 146 valence electrons. The zero-order valence-corrected chi connectivity index (χ0v) is 15.7. The molecular weight excluding hydrogens is 369 g/mol. The summed E-state index contributed by atoms with van der Waals surface area (Å²) in [6.07, 6.45) is 2.51. The third kappa shape index (κ3) is 3.12. The Bertz CT molecular complexity index is 1190. The average molecular weight is 389 g/mol. The molecule has 0 bridgehead atoms. The number of anilines is 3. The Morgan fingerprint density at radius 2 is 1.83 bits per heavy atom. The van der Waals surface area contributed by atoms with Gasteiger partial charge in [-0.25, -0.2) is 9.07 Å². The van der Waals surface area contributed by atoms with Crippen molar-refractivity contribution in [2.75, 3.05) is 22.9 Å². The number of nitrogen functional groups attached to an aromatic ring is 2. The summed E-state index contributed by atoms with van der Waals surface area (Å²) >= 11 is 0. The van der Waals surface area contributed by atoms with Gasteiger partial charge in [-0.05, 0) is 35.7 Å². The number of hydrogen-bond acceptors (Lipinski definition) is 6. The van der Waals surface area contributed by atoms with Crippen molar-refractivity contribution in [3.05, 3.63) is 71.7 Å². The molecule has 0 saturated heterocycles. The van der Waals surface area contributed by atoms with Gasteiger partial charge in [-0.3, -0.25) is 0 Å². The second-order valence-electron chi connectivity index (χ2n) is 7.29. The summed E-state index contributed by atoms with van der Waals surface area (Å²) in [5.74, 6) is 0.234. The Kier molecular flexibility index (Phi) is 4.04. The van der Waals surface area contributed by atoms with E-state index in [2.05, 4.69) is 32.1 Å². The minimum atomic E-state index is -0.233. The number of para-hydroxylation sites is 1. The number of rotatable bonds is 3. The minimum absolute atomic E-state index is 0.0524. The molecule has 4 aromatic rings. The van der Waals surface area contributed by atoms with Gasteiger partial charge in [0.1, 0.15) is 11.6 Å². The zero-order chi connectivity index (χ0) is 20.0. The quantitative estimate of drug-likeness (QED) is 0.559. The van der Waals surface area contributed by atoms with E-state index >= 15 is 0 Å². The molecule has 1 atom stereocenters. The van der Waals surface area contributed by atoms with Crippen molar-refractivity contribution in [1.82, 2.24) is 19.7 Å². The molecule has 0 amide bonds. The summed E-state index contributed by atoms with van der Waals surface area (Å²) in [5, 5.41) is 5.25. The first-order valence-corrected chi connectivity index (χ1v) is 9.42. The first-order chi connectivity index (χ1) is 14.1. The highest BCUT2D eigenvalue weighted by atomic mass is 19.1. The molecule has 0 radical (unpaired) electrons. The third-order valence-electron chi connectivity index (χ3n) is 5.35. The van der Waals surface area contributed by atoms with Crippen molar-refractivity contribution in [1.29, 1.82) is 0 Å².